The molecule has 0 heterocycles. The maximum absolute atomic E-state index is 12.8. The van der Waals surface area contributed by atoms with Crippen LogP contribution in [0.15, 0.2) is 54.3 Å². The lowest BCUT2D eigenvalue weighted by Crippen LogP contribution is -2.06. The summed E-state index contributed by atoms with van der Waals surface area (Å²) in [4.78, 5) is 11.3. The number of aryl methyl sites for hydroxylation is 1. The van der Waals surface area contributed by atoms with Crippen LogP contribution >= 0.6 is 0 Å². The molecule has 24 heavy (non-hydrogen) atoms. The van der Waals surface area contributed by atoms with E-state index in [0.29, 0.717) is 11.3 Å². The highest BCUT2D eigenvalue weighted by atomic mass is 19.4. The first-order valence-corrected chi connectivity index (χ1v) is 7.36. The third-order valence-electron chi connectivity index (χ3n) is 3.28. The number of hydrogen-bond donors (Lipinski definition) is 0. The second-order valence-electron chi connectivity index (χ2n) is 5.49. The zero-order valence-corrected chi connectivity index (χ0v) is 13.4. The van der Waals surface area contributed by atoms with Crippen LogP contribution in [-0.2, 0) is 22.1 Å². The molecule has 0 saturated heterocycles. The van der Waals surface area contributed by atoms with Gasteiger partial charge in [-0.05, 0) is 30.2 Å². The Kier molecular flexibility index (Phi) is 5.44. The van der Waals surface area contributed by atoms with E-state index < -0.39 is 17.7 Å². The predicted molar refractivity (Wildman–Crippen MR) is 86.1 cm³/mol. The van der Waals surface area contributed by atoms with Gasteiger partial charge in [0, 0.05) is 13.3 Å². The van der Waals surface area contributed by atoms with Crippen LogP contribution in [0.3, 0.4) is 0 Å². The molecule has 0 bridgehead atoms. The molecule has 0 aliphatic rings. The lowest BCUT2D eigenvalue weighted by Gasteiger charge is -2.11. The molecule has 0 saturated carbocycles. The molecule has 0 radical (unpaired) electrons. The number of esters is 1. The summed E-state index contributed by atoms with van der Waals surface area (Å²) in [5.41, 5.74) is 1.55. The van der Waals surface area contributed by atoms with Gasteiger partial charge in [0.05, 0.1) is 5.56 Å². The van der Waals surface area contributed by atoms with Crippen molar-refractivity contribution in [1.29, 1.82) is 0 Å². The van der Waals surface area contributed by atoms with E-state index in [1.807, 2.05) is 31.2 Å². The first-order chi connectivity index (χ1) is 11.2. The Morgan fingerprint density at radius 2 is 1.83 bits per heavy atom. The Morgan fingerprint density at radius 1 is 1.12 bits per heavy atom. The van der Waals surface area contributed by atoms with Crippen LogP contribution in [0, 0.1) is 6.92 Å². The minimum absolute atomic E-state index is 0.0947. The quantitative estimate of drug-likeness (QED) is 0.570. The van der Waals surface area contributed by atoms with Crippen LogP contribution in [0.2, 0.25) is 0 Å². The van der Waals surface area contributed by atoms with Crippen LogP contribution in [-0.4, -0.2) is 5.97 Å². The first-order valence-electron chi connectivity index (χ1n) is 7.36. The van der Waals surface area contributed by atoms with Crippen molar-refractivity contribution in [2.45, 2.75) is 26.4 Å². The lowest BCUT2D eigenvalue weighted by atomic mass is 10.0. The molecule has 5 heteroatoms. The first kappa shape index (κ1) is 17.8. The minimum Gasteiger partial charge on any atom is -0.431 e. The fraction of sp³-hybridized carbons (Fsp3) is 0.211. The summed E-state index contributed by atoms with van der Waals surface area (Å²) in [7, 11) is 0. The second kappa shape index (κ2) is 7.34. The molecule has 2 aromatic rings. The lowest BCUT2D eigenvalue weighted by molar-refractivity contribution is -0.138. The summed E-state index contributed by atoms with van der Waals surface area (Å²) in [6, 6.07) is 12.5. The molecule has 0 aromatic heterocycles. The average molecular weight is 334 g/mol. The van der Waals surface area contributed by atoms with Crippen LogP contribution in [0.1, 0.15) is 29.2 Å². The molecule has 0 unspecified atom stereocenters. The van der Waals surface area contributed by atoms with Crippen molar-refractivity contribution in [3.63, 3.8) is 0 Å². The van der Waals surface area contributed by atoms with Gasteiger partial charge in [0.2, 0.25) is 0 Å². The number of rotatable bonds is 4. The Bertz CT molecular complexity index is 761. The van der Waals surface area contributed by atoms with E-state index in [1.165, 1.54) is 13.0 Å². The normalized spacial score (nSPS) is 12.1. The SMILES string of the molecule is CC(=O)O/C(=C/c1cccc(C)c1)Cc1cccc(C(F)(F)F)c1. The maximum Gasteiger partial charge on any atom is 0.416 e. The Balaban J connectivity index is 2.31. The largest absolute Gasteiger partial charge is 0.431 e. The van der Waals surface area contributed by atoms with E-state index in [-0.39, 0.29) is 6.42 Å². The maximum atomic E-state index is 12.8. The Hall–Kier alpha value is -2.56. The highest BCUT2D eigenvalue weighted by Gasteiger charge is 2.30. The molecule has 0 atom stereocenters. The van der Waals surface area contributed by atoms with Crippen molar-refractivity contribution in [2.24, 2.45) is 0 Å². The van der Waals surface area contributed by atoms with Gasteiger partial charge in [0.1, 0.15) is 5.76 Å². The zero-order valence-electron chi connectivity index (χ0n) is 13.4. The van der Waals surface area contributed by atoms with E-state index in [0.717, 1.165) is 23.3 Å². The topological polar surface area (TPSA) is 26.3 Å². The number of halogens is 3. The highest BCUT2D eigenvalue weighted by Crippen LogP contribution is 2.30. The smallest absolute Gasteiger partial charge is 0.416 e. The predicted octanol–water partition coefficient (Wildman–Crippen LogP) is 5.16. The minimum atomic E-state index is -4.40. The van der Waals surface area contributed by atoms with E-state index in [1.54, 1.807) is 12.1 Å². The van der Waals surface area contributed by atoms with Crippen molar-refractivity contribution >= 4 is 12.0 Å². The van der Waals surface area contributed by atoms with Gasteiger partial charge in [-0.15, -0.1) is 0 Å². The van der Waals surface area contributed by atoms with Crippen LogP contribution in [0.25, 0.3) is 6.08 Å². The van der Waals surface area contributed by atoms with Gasteiger partial charge in [0.25, 0.3) is 0 Å². The van der Waals surface area contributed by atoms with Gasteiger partial charge in [-0.3, -0.25) is 4.79 Å². The van der Waals surface area contributed by atoms with E-state index >= 15 is 0 Å². The van der Waals surface area contributed by atoms with Crippen molar-refractivity contribution in [3.8, 4) is 0 Å². The molecular formula is C19H17F3O2. The van der Waals surface area contributed by atoms with Crippen LogP contribution < -0.4 is 0 Å². The van der Waals surface area contributed by atoms with E-state index in [4.69, 9.17) is 4.74 Å². The van der Waals surface area contributed by atoms with E-state index in [9.17, 15) is 18.0 Å². The number of benzene rings is 2. The number of carbonyl (C=O) groups is 1. The summed E-state index contributed by atoms with van der Waals surface area (Å²) in [5.74, 6) is -0.215. The molecule has 0 amide bonds. The number of allylic oxidation sites excluding steroid dienone is 1. The van der Waals surface area contributed by atoms with Gasteiger partial charge in [0.15, 0.2) is 0 Å². The zero-order chi connectivity index (χ0) is 17.7. The fourth-order valence-electron chi connectivity index (χ4n) is 2.31. The number of alkyl halides is 3. The molecule has 0 spiro atoms. The highest BCUT2D eigenvalue weighted by molar-refractivity contribution is 5.69. The summed E-state index contributed by atoms with van der Waals surface area (Å²) >= 11 is 0. The summed E-state index contributed by atoms with van der Waals surface area (Å²) < 4.78 is 43.6. The van der Waals surface area contributed by atoms with Gasteiger partial charge in [-0.2, -0.15) is 13.2 Å². The number of hydrogen-bond acceptors (Lipinski definition) is 2. The third kappa shape index (κ3) is 5.26. The molecule has 2 nitrogen and oxygen atoms in total. The molecule has 126 valence electrons. The van der Waals surface area contributed by atoms with Gasteiger partial charge < -0.3 is 4.74 Å². The van der Waals surface area contributed by atoms with Crippen molar-refractivity contribution in [3.05, 3.63) is 76.5 Å². The molecule has 2 aromatic carbocycles. The summed E-state index contributed by atoms with van der Waals surface area (Å²) in [6.45, 7) is 3.19. The van der Waals surface area contributed by atoms with E-state index in [2.05, 4.69) is 0 Å². The monoisotopic (exact) mass is 334 g/mol. The van der Waals surface area contributed by atoms with Crippen molar-refractivity contribution < 1.29 is 22.7 Å². The molecule has 0 N–H and O–H groups in total. The standard InChI is InChI=1S/C19H17F3O2/c1-13-5-3-6-15(9-13)11-18(24-14(2)23)12-16-7-4-8-17(10-16)19(20,21)22/h3-11H,12H2,1-2H3/b18-11+. The molecule has 2 rings (SSSR count). The molecule has 0 aliphatic carbocycles. The summed E-state index contributed by atoms with van der Waals surface area (Å²) in [5, 5.41) is 0. The Labute approximate surface area is 138 Å². The molecular weight excluding hydrogens is 317 g/mol. The second-order valence-corrected chi connectivity index (χ2v) is 5.49. The summed E-state index contributed by atoms with van der Waals surface area (Å²) in [6.07, 6.45) is -2.65. The van der Waals surface area contributed by atoms with Crippen molar-refractivity contribution in [2.75, 3.05) is 0 Å². The number of carbonyl (C=O) groups excluding carboxylic acids is 1. The van der Waals surface area contributed by atoms with Crippen molar-refractivity contribution in [1.82, 2.24) is 0 Å². The third-order valence-corrected chi connectivity index (χ3v) is 3.28. The fourth-order valence-corrected chi connectivity index (χ4v) is 2.31. The molecule has 0 aliphatic heterocycles. The average Bonchev–Trinajstić information content (AvgIpc) is 2.46. The van der Waals surface area contributed by atoms with Gasteiger partial charge in [-0.25, -0.2) is 0 Å². The number of ether oxygens (including phenoxy) is 1. The van der Waals surface area contributed by atoms with Gasteiger partial charge >= 0.3 is 12.1 Å². The molecule has 0 fully saturated rings. The van der Waals surface area contributed by atoms with Crippen LogP contribution in [0.4, 0.5) is 13.2 Å². The van der Waals surface area contributed by atoms with Crippen LogP contribution in [0.5, 0.6) is 0 Å². The Morgan fingerprint density at radius 3 is 2.46 bits per heavy atom. The van der Waals surface area contributed by atoms with Gasteiger partial charge in [-0.1, -0.05) is 48.0 Å².